The van der Waals surface area contributed by atoms with E-state index in [1.165, 1.54) is 42.6 Å². The zero-order valence-corrected chi connectivity index (χ0v) is 27.5. The molecule has 15 nitrogen and oxygen atoms in total. The number of hydrogen-bond donors (Lipinski definition) is 2. The van der Waals surface area contributed by atoms with Gasteiger partial charge in [0.15, 0.2) is 33.4 Å². The van der Waals surface area contributed by atoms with Gasteiger partial charge in [-0.3, -0.25) is 14.2 Å². The van der Waals surface area contributed by atoms with Crippen molar-refractivity contribution in [1.82, 2.24) is 44.3 Å². The maximum Gasteiger partial charge on any atom is 0.416 e. The van der Waals surface area contributed by atoms with Gasteiger partial charge in [0.2, 0.25) is 5.82 Å². The van der Waals surface area contributed by atoms with Crippen LogP contribution in [0.2, 0.25) is 5.02 Å². The number of rotatable bonds is 10. The molecule has 51 heavy (non-hydrogen) atoms. The van der Waals surface area contributed by atoms with Gasteiger partial charge in [-0.25, -0.2) is 27.9 Å². The van der Waals surface area contributed by atoms with Gasteiger partial charge in [-0.1, -0.05) is 11.6 Å². The van der Waals surface area contributed by atoms with Crippen LogP contribution in [0, 0.1) is 0 Å². The highest BCUT2D eigenvalue weighted by Gasteiger charge is 2.39. The SMILES string of the molecule is O=C(NCCC(F)(F)F)c1cccnc1-n1nc(Cn2nc(-c3ccc(Cl)cc3)n(CC(O)C(F)(F)F)c2=O)nc1C(=O)N1CCS(=O)(=O)CC1. The van der Waals surface area contributed by atoms with Gasteiger partial charge in [-0.15, -0.1) is 10.2 Å². The molecule has 1 aromatic carbocycles. The fourth-order valence-electron chi connectivity index (χ4n) is 4.85. The van der Waals surface area contributed by atoms with Gasteiger partial charge in [0.1, 0.15) is 6.54 Å². The Bertz CT molecular complexity index is 2080. The van der Waals surface area contributed by atoms with E-state index < -0.39 is 77.7 Å². The summed E-state index contributed by atoms with van der Waals surface area (Å²) in [5.41, 5.74) is -1.33. The highest BCUT2D eigenvalue weighted by molar-refractivity contribution is 7.91. The van der Waals surface area contributed by atoms with Crippen LogP contribution in [0.5, 0.6) is 0 Å². The summed E-state index contributed by atoms with van der Waals surface area (Å²) in [6.07, 6.45) is -12.8. The lowest BCUT2D eigenvalue weighted by molar-refractivity contribution is -0.207. The number of pyridine rings is 1. The molecule has 1 saturated heterocycles. The highest BCUT2D eigenvalue weighted by atomic mass is 35.5. The van der Waals surface area contributed by atoms with E-state index in [2.05, 4.69) is 25.5 Å². The monoisotopic (exact) mass is 765 g/mol. The first-order valence-electron chi connectivity index (χ1n) is 14.8. The molecule has 3 aromatic heterocycles. The highest BCUT2D eigenvalue weighted by Crippen LogP contribution is 2.25. The molecular weight excluding hydrogens is 740 g/mol. The number of nitrogens with zero attached hydrogens (tertiary/aromatic N) is 8. The number of carbonyl (C=O) groups is 2. The molecular formula is C28H26ClF6N9O6S. The topological polar surface area (TPSA) is 187 Å². The Labute approximate surface area is 288 Å². The Balaban J connectivity index is 1.57. The molecule has 5 rings (SSSR count). The summed E-state index contributed by atoms with van der Waals surface area (Å²) >= 11 is 5.93. The molecule has 0 spiro atoms. The third-order valence-corrected chi connectivity index (χ3v) is 9.31. The van der Waals surface area contributed by atoms with Crippen LogP contribution in [0.15, 0.2) is 47.4 Å². The lowest BCUT2D eigenvalue weighted by atomic mass is 10.2. The molecule has 2 amide bonds. The molecule has 0 bridgehead atoms. The normalized spacial score (nSPS) is 15.5. The predicted octanol–water partition coefficient (Wildman–Crippen LogP) is 1.87. The summed E-state index contributed by atoms with van der Waals surface area (Å²) in [4.78, 5) is 49.5. The second kappa shape index (κ2) is 14.4. The molecule has 274 valence electrons. The van der Waals surface area contributed by atoms with E-state index in [4.69, 9.17) is 11.6 Å². The van der Waals surface area contributed by atoms with Gasteiger partial charge in [0.25, 0.3) is 11.8 Å². The van der Waals surface area contributed by atoms with Crippen molar-refractivity contribution >= 4 is 33.3 Å². The van der Waals surface area contributed by atoms with Gasteiger partial charge in [0, 0.05) is 36.4 Å². The molecule has 1 unspecified atom stereocenters. The van der Waals surface area contributed by atoms with Crippen molar-refractivity contribution in [2.24, 2.45) is 0 Å². The molecule has 0 radical (unpaired) electrons. The zero-order valence-electron chi connectivity index (χ0n) is 25.9. The molecule has 23 heteroatoms. The Hall–Kier alpha value is -4.83. The van der Waals surface area contributed by atoms with E-state index in [0.717, 1.165) is 9.58 Å². The maximum atomic E-state index is 13.7. The summed E-state index contributed by atoms with van der Waals surface area (Å²) in [5, 5.41) is 20.5. The van der Waals surface area contributed by atoms with Crippen molar-refractivity contribution in [3.8, 4) is 17.2 Å². The first-order chi connectivity index (χ1) is 23.8. The average Bonchev–Trinajstić information content (AvgIpc) is 3.61. The number of aliphatic hydroxyl groups excluding tert-OH is 1. The van der Waals surface area contributed by atoms with Crippen molar-refractivity contribution in [2.75, 3.05) is 31.1 Å². The van der Waals surface area contributed by atoms with Crippen molar-refractivity contribution in [2.45, 2.75) is 38.0 Å². The van der Waals surface area contributed by atoms with Crippen molar-refractivity contribution in [3.05, 3.63) is 75.3 Å². The summed E-state index contributed by atoms with van der Waals surface area (Å²) < 4.78 is 104. The summed E-state index contributed by atoms with van der Waals surface area (Å²) in [6.45, 7) is -3.21. The van der Waals surface area contributed by atoms with Gasteiger partial charge in [-0.2, -0.15) is 31.0 Å². The minimum atomic E-state index is -5.10. The summed E-state index contributed by atoms with van der Waals surface area (Å²) in [7, 11) is -3.44. The number of aliphatic hydroxyl groups is 1. The van der Waals surface area contributed by atoms with Crippen molar-refractivity contribution in [1.29, 1.82) is 0 Å². The second-order valence-corrected chi connectivity index (χ2v) is 13.9. The van der Waals surface area contributed by atoms with Crippen LogP contribution in [0.1, 0.15) is 33.2 Å². The quantitative estimate of drug-likeness (QED) is 0.226. The first kappa shape index (κ1) is 37.4. The average molecular weight is 766 g/mol. The number of amides is 2. The van der Waals surface area contributed by atoms with Crippen LogP contribution >= 0.6 is 11.6 Å². The molecule has 0 aliphatic carbocycles. The van der Waals surface area contributed by atoms with Gasteiger partial charge in [-0.05, 0) is 36.4 Å². The number of benzene rings is 1. The van der Waals surface area contributed by atoms with Gasteiger partial charge < -0.3 is 15.3 Å². The number of hydrogen-bond acceptors (Lipinski definition) is 10. The minimum absolute atomic E-state index is 0.147. The maximum absolute atomic E-state index is 13.7. The predicted molar refractivity (Wildman–Crippen MR) is 165 cm³/mol. The first-order valence-corrected chi connectivity index (χ1v) is 17.0. The van der Waals surface area contributed by atoms with E-state index in [1.807, 2.05) is 0 Å². The smallest absolute Gasteiger partial charge is 0.382 e. The lowest BCUT2D eigenvalue weighted by Crippen LogP contribution is -2.44. The standard InChI is InChI=1S/C28H26ClF6N9O6S/c29-17-5-3-16(4-6-17)21-40-43(26(48)42(21)14-19(45)28(33,34)35)15-20-38-23(25(47)41-10-12-51(49,50)13-11-41)44(39-20)22-18(2-1-8-36-22)24(46)37-9-7-27(30,31)32/h1-6,8,19,45H,7,9-15H2,(H,37,46). The third kappa shape index (κ3) is 8.92. The van der Waals surface area contributed by atoms with E-state index in [0.29, 0.717) is 9.25 Å². The number of alkyl halides is 6. The van der Waals surface area contributed by atoms with Gasteiger partial charge >= 0.3 is 18.0 Å². The number of carbonyl (C=O) groups excluding carboxylic acids is 2. The molecule has 2 N–H and O–H groups in total. The van der Waals surface area contributed by atoms with Crippen LogP contribution in [0.4, 0.5) is 26.3 Å². The molecule has 4 heterocycles. The number of halogens is 7. The van der Waals surface area contributed by atoms with E-state index in [9.17, 15) is 54.3 Å². The Kier molecular flexibility index (Phi) is 10.6. The summed E-state index contributed by atoms with van der Waals surface area (Å²) in [6, 6.07) is 8.00. The molecule has 1 fully saturated rings. The van der Waals surface area contributed by atoms with E-state index in [-0.39, 0.29) is 58.2 Å². The zero-order chi connectivity index (χ0) is 37.3. The van der Waals surface area contributed by atoms with Crippen LogP contribution in [-0.4, -0.2) is 114 Å². The Morgan fingerprint density at radius 2 is 1.69 bits per heavy atom. The van der Waals surface area contributed by atoms with E-state index in [1.54, 1.807) is 0 Å². The number of sulfone groups is 1. The van der Waals surface area contributed by atoms with E-state index >= 15 is 0 Å². The molecule has 0 saturated carbocycles. The fourth-order valence-corrected chi connectivity index (χ4v) is 6.18. The van der Waals surface area contributed by atoms with Crippen molar-refractivity contribution in [3.63, 3.8) is 0 Å². The molecule has 1 aliphatic rings. The minimum Gasteiger partial charge on any atom is -0.382 e. The third-order valence-electron chi connectivity index (χ3n) is 7.45. The summed E-state index contributed by atoms with van der Waals surface area (Å²) in [5.74, 6) is -4.22. The van der Waals surface area contributed by atoms with Crippen molar-refractivity contribution < 1.29 is 49.5 Å². The second-order valence-electron chi connectivity index (χ2n) is 11.1. The number of nitrogens with one attached hydrogen (secondary N) is 1. The van der Waals surface area contributed by atoms with Crippen LogP contribution in [0.3, 0.4) is 0 Å². The van der Waals surface area contributed by atoms with Gasteiger partial charge in [0.05, 0.1) is 30.0 Å². The molecule has 1 atom stereocenters. The Morgan fingerprint density at radius 1 is 1.02 bits per heavy atom. The van der Waals surface area contributed by atoms with Crippen LogP contribution in [0.25, 0.3) is 17.2 Å². The largest absolute Gasteiger partial charge is 0.416 e. The molecule has 1 aliphatic heterocycles. The Morgan fingerprint density at radius 3 is 2.31 bits per heavy atom. The fraction of sp³-hybridized carbons (Fsp3) is 0.393. The number of aromatic nitrogens is 7. The van der Waals surface area contributed by atoms with Crippen LogP contribution in [-0.2, 0) is 22.9 Å². The lowest BCUT2D eigenvalue weighted by Gasteiger charge is -2.26. The van der Waals surface area contributed by atoms with Crippen LogP contribution < -0.4 is 11.0 Å². The molecule has 4 aromatic rings.